The predicted molar refractivity (Wildman–Crippen MR) is 62.1 cm³/mol. The van der Waals surface area contributed by atoms with E-state index < -0.39 is 0 Å². The number of aliphatic hydroxyl groups excluding tert-OH is 1. The van der Waals surface area contributed by atoms with Gasteiger partial charge in [0.05, 0.1) is 17.8 Å². The van der Waals surface area contributed by atoms with Crippen molar-refractivity contribution < 1.29 is 5.11 Å². The van der Waals surface area contributed by atoms with Crippen LogP contribution in [0.25, 0.3) is 0 Å². The first-order valence-corrected chi connectivity index (χ1v) is 6.20. The van der Waals surface area contributed by atoms with E-state index >= 15 is 0 Å². The van der Waals surface area contributed by atoms with Gasteiger partial charge in [-0.2, -0.15) is 0 Å². The molecule has 1 aliphatic heterocycles. The summed E-state index contributed by atoms with van der Waals surface area (Å²) in [7, 11) is 0. The van der Waals surface area contributed by atoms with Crippen LogP contribution in [0.15, 0.2) is 18.3 Å². The molecule has 1 saturated heterocycles. The van der Waals surface area contributed by atoms with Crippen LogP contribution in [-0.4, -0.2) is 34.2 Å². The minimum Gasteiger partial charge on any atom is -0.392 e. The Bertz CT molecular complexity index is 380. The van der Waals surface area contributed by atoms with Crippen molar-refractivity contribution in [1.29, 1.82) is 0 Å². The van der Waals surface area contributed by atoms with Crippen molar-refractivity contribution in [2.24, 2.45) is 0 Å². The van der Waals surface area contributed by atoms with Gasteiger partial charge in [-0.3, -0.25) is 9.88 Å². The van der Waals surface area contributed by atoms with Gasteiger partial charge in [0.25, 0.3) is 0 Å². The van der Waals surface area contributed by atoms with Crippen molar-refractivity contribution in [2.75, 3.05) is 13.1 Å². The average molecular weight is 218 g/mol. The summed E-state index contributed by atoms with van der Waals surface area (Å²) in [4.78, 5) is 6.95. The van der Waals surface area contributed by atoms with Crippen molar-refractivity contribution in [2.45, 2.75) is 37.8 Å². The molecule has 1 aromatic rings. The molecule has 3 nitrogen and oxygen atoms in total. The summed E-state index contributed by atoms with van der Waals surface area (Å²) in [5.74, 6) is 0. The maximum absolute atomic E-state index is 9.62. The van der Waals surface area contributed by atoms with Gasteiger partial charge in [-0.15, -0.1) is 0 Å². The molecular formula is C13H18N2O. The van der Waals surface area contributed by atoms with E-state index in [1.807, 2.05) is 12.3 Å². The van der Waals surface area contributed by atoms with Gasteiger partial charge in [0.2, 0.25) is 0 Å². The molecule has 3 rings (SSSR count). The van der Waals surface area contributed by atoms with Crippen LogP contribution in [0.1, 0.15) is 36.6 Å². The third kappa shape index (κ3) is 1.74. The molecule has 3 heteroatoms. The number of β-amino-alcohol motifs (C(OH)–C–C–N with tert-alkyl or cyclic N) is 1. The highest BCUT2D eigenvalue weighted by Gasteiger charge is 2.31. The second kappa shape index (κ2) is 4.15. The molecule has 0 bridgehead atoms. The number of hydrogen-bond acceptors (Lipinski definition) is 3. The lowest BCUT2D eigenvalue weighted by molar-refractivity contribution is 0.151. The minimum absolute atomic E-state index is 0.130. The molecule has 1 aromatic heterocycles. The topological polar surface area (TPSA) is 36.4 Å². The summed E-state index contributed by atoms with van der Waals surface area (Å²) in [6.07, 6.45) is 6.28. The maximum atomic E-state index is 9.62. The molecule has 0 spiro atoms. The molecule has 0 aromatic carbocycles. The Morgan fingerprint density at radius 1 is 1.38 bits per heavy atom. The Labute approximate surface area is 96.1 Å². The van der Waals surface area contributed by atoms with E-state index in [9.17, 15) is 5.11 Å². The van der Waals surface area contributed by atoms with E-state index in [-0.39, 0.29) is 6.10 Å². The molecule has 86 valence electrons. The van der Waals surface area contributed by atoms with Crippen molar-refractivity contribution in [3.05, 3.63) is 29.6 Å². The number of likely N-dealkylation sites (tertiary alicyclic amines) is 1. The van der Waals surface area contributed by atoms with Gasteiger partial charge in [0.1, 0.15) is 0 Å². The lowest BCUT2D eigenvalue weighted by Gasteiger charge is -2.31. The Balaban J connectivity index is 1.87. The summed E-state index contributed by atoms with van der Waals surface area (Å²) in [5.41, 5.74) is 2.66. The molecule has 1 N–H and O–H groups in total. The molecule has 2 aliphatic rings. The molecule has 2 atom stereocenters. The average Bonchev–Trinajstić information content (AvgIpc) is 2.75. The summed E-state index contributed by atoms with van der Waals surface area (Å²) in [5, 5.41) is 9.62. The first kappa shape index (κ1) is 10.2. The Morgan fingerprint density at radius 2 is 2.31 bits per heavy atom. The highest BCUT2D eigenvalue weighted by molar-refractivity contribution is 5.25. The SMILES string of the molecule is O[C@@H]1CCN([C@H]2CCCc3cccnc32)C1. The number of aromatic nitrogens is 1. The number of nitrogens with zero attached hydrogens (tertiary/aromatic N) is 2. The molecule has 16 heavy (non-hydrogen) atoms. The largest absolute Gasteiger partial charge is 0.392 e. The molecule has 2 heterocycles. The van der Waals surface area contributed by atoms with Crippen molar-refractivity contribution in [3.8, 4) is 0 Å². The number of pyridine rings is 1. The van der Waals surface area contributed by atoms with Crippen LogP contribution in [0, 0.1) is 0 Å². The van der Waals surface area contributed by atoms with Crippen LogP contribution in [0.2, 0.25) is 0 Å². The van der Waals surface area contributed by atoms with E-state index in [0.29, 0.717) is 6.04 Å². The molecule has 0 saturated carbocycles. The molecule has 0 unspecified atom stereocenters. The van der Waals surface area contributed by atoms with Crippen LogP contribution in [0.3, 0.4) is 0 Å². The second-order valence-electron chi connectivity index (χ2n) is 4.89. The van der Waals surface area contributed by atoms with Crippen LogP contribution >= 0.6 is 0 Å². The number of rotatable bonds is 1. The van der Waals surface area contributed by atoms with Crippen molar-refractivity contribution >= 4 is 0 Å². The van der Waals surface area contributed by atoms with E-state index in [0.717, 1.165) is 25.9 Å². The smallest absolute Gasteiger partial charge is 0.0679 e. The summed E-state index contributed by atoms with van der Waals surface area (Å²) in [6, 6.07) is 4.67. The first-order chi connectivity index (χ1) is 7.84. The van der Waals surface area contributed by atoms with Crippen molar-refractivity contribution in [1.82, 2.24) is 9.88 Å². The minimum atomic E-state index is -0.130. The quantitative estimate of drug-likeness (QED) is 0.776. The molecule has 1 fully saturated rings. The lowest BCUT2D eigenvalue weighted by Crippen LogP contribution is -2.30. The highest BCUT2D eigenvalue weighted by Crippen LogP contribution is 2.34. The van der Waals surface area contributed by atoms with Crippen molar-refractivity contribution in [3.63, 3.8) is 0 Å². The van der Waals surface area contributed by atoms with E-state index in [1.165, 1.54) is 24.1 Å². The fraction of sp³-hybridized carbons (Fsp3) is 0.615. The maximum Gasteiger partial charge on any atom is 0.0679 e. The van der Waals surface area contributed by atoms with Crippen LogP contribution < -0.4 is 0 Å². The lowest BCUT2D eigenvalue weighted by atomic mass is 9.91. The Kier molecular flexibility index (Phi) is 2.65. The molecule has 1 aliphatic carbocycles. The number of hydrogen-bond donors (Lipinski definition) is 1. The monoisotopic (exact) mass is 218 g/mol. The summed E-state index contributed by atoms with van der Waals surface area (Å²) < 4.78 is 0. The van der Waals surface area contributed by atoms with Crippen LogP contribution in [0.4, 0.5) is 0 Å². The van der Waals surface area contributed by atoms with Gasteiger partial charge in [-0.25, -0.2) is 0 Å². The zero-order valence-electron chi connectivity index (χ0n) is 9.47. The van der Waals surface area contributed by atoms with Gasteiger partial charge in [-0.05, 0) is 37.3 Å². The third-order valence-corrected chi connectivity index (χ3v) is 3.80. The Morgan fingerprint density at radius 3 is 3.12 bits per heavy atom. The molecular weight excluding hydrogens is 200 g/mol. The molecule has 0 amide bonds. The van der Waals surface area contributed by atoms with E-state index in [1.54, 1.807) is 0 Å². The van der Waals surface area contributed by atoms with Gasteiger partial charge >= 0.3 is 0 Å². The van der Waals surface area contributed by atoms with E-state index in [2.05, 4.69) is 16.0 Å². The van der Waals surface area contributed by atoms with Crippen LogP contribution in [-0.2, 0) is 6.42 Å². The summed E-state index contributed by atoms with van der Waals surface area (Å²) in [6.45, 7) is 1.84. The summed E-state index contributed by atoms with van der Waals surface area (Å²) >= 11 is 0. The Hall–Kier alpha value is -0.930. The highest BCUT2D eigenvalue weighted by atomic mass is 16.3. The normalized spacial score (nSPS) is 30.3. The second-order valence-corrected chi connectivity index (χ2v) is 4.89. The van der Waals surface area contributed by atoms with E-state index in [4.69, 9.17) is 0 Å². The third-order valence-electron chi connectivity index (χ3n) is 3.80. The standard InChI is InChI=1S/C13H18N2O/c16-11-6-8-15(9-11)12-5-1-3-10-4-2-7-14-13(10)12/h2,4,7,11-12,16H,1,3,5-6,8-9H2/t11-,12+/m1/s1. The fourth-order valence-electron chi connectivity index (χ4n) is 2.99. The zero-order chi connectivity index (χ0) is 11.0. The number of fused-ring (bicyclic) bond motifs is 1. The first-order valence-electron chi connectivity index (χ1n) is 6.20. The van der Waals surface area contributed by atoms with Gasteiger partial charge < -0.3 is 5.11 Å². The van der Waals surface area contributed by atoms with Gasteiger partial charge in [0.15, 0.2) is 0 Å². The van der Waals surface area contributed by atoms with Crippen LogP contribution in [0.5, 0.6) is 0 Å². The predicted octanol–water partition coefficient (Wildman–Crippen LogP) is 1.53. The number of aryl methyl sites for hydroxylation is 1. The number of aliphatic hydroxyl groups is 1. The van der Waals surface area contributed by atoms with Gasteiger partial charge in [-0.1, -0.05) is 6.07 Å². The van der Waals surface area contributed by atoms with Gasteiger partial charge in [0, 0.05) is 19.3 Å². The zero-order valence-corrected chi connectivity index (χ0v) is 9.47. The molecule has 0 radical (unpaired) electrons. The fourth-order valence-corrected chi connectivity index (χ4v) is 2.99.